The lowest BCUT2D eigenvalue weighted by Crippen LogP contribution is -2.41. The summed E-state index contributed by atoms with van der Waals surface area (Å²) >= 11 is 0. The molecule has 0 aliphatic heterocycles. The summed E-state index contributed by atoms with van der Waals surface area (Å²) in [6.07, 6.45) is 3.10. The molecule has 0 radical (unpaired) electrons. The summed E-state index contributed by atoms with van der Waals surface area (Å²) in [6, 6.07) is 0.625. The maximum absolute atomic E-state index is 11.8. The monoisotopic (exact) mass is 281 g/mol. The summed E-state index contributed by atoms with van der Waals surface area (Å²) in [4.78, 5) is 26.9. The highest BCUT2D eigenvalue weighted by Gasteiger charge is 2.20. The number of rotatable bonds is 6. The Balaban J connectivity index is 2.82. The number of unbranched alkanes of at least 4 members (excludes halogenated alkanes) is 1. The molecule has 4 N–H and O–H groups in total. The van der Waals surface area contributed by atoms with Crippen LogP contribution in [0.2, 0.25) is 0 Å². The molecule has 0 unspecified atom stereocenters. The quantitative estimate of drug-likeness (QED) is 0.657. The van der Waals surface area contributed by atoms with Gasteiger partial charge in [0.2, 0.25) is 5.91 Å². The Hall–Kier alpha value is -2.15. The number of hydrogen-bond acceptors (Lipinski definition) is 6. The molecule has 1 aromatic heterocycles. The standard InChI is InChI=1S/C13H19N3O4/c1-3-4-7-20-9-5-6-15-10(11(9)17)13(19)16-12(18)8(2)14/h5-6,8,17H,3-4,7,14H2,1-2H3,(H,16,18,19)/t8-/m0/s1. The minimum absolute atomic E-state index is 0.159. The van der Waals surface area contributed by atoms with Gasteiger partial charge in [0.15, 0.2) is 17.2 Å². The first-order chi connectivity index (χ1) is 9.47. The normalized spacial score (nSPS) is 11.8. The number of aromatic hydroxyl groups is 1. The van der Waals surface area contributed by atoms with E-state index in [1.165, 1.54) is 19.2 Å². The zero-order valence-corrected chi connectivity index (χ0v) is 11.5. The van der Waals surface area contributed by atoms with Crippen LogP contribution in [-0.2, 0) is 4.79 Å². The number of carbonyl (C=O) groups is 2. The van der Waals surface area contributed by atoms with Crippen LogP contribution in [-0.4, -0.2) is 34.6 Å². The van der Waals surface area contributed by atoms with Gasteiger partial charge in [-0.25, -0.2) is 4.98 Å². The summed E-state index contributed by atoms with van der Waals surface area (Å²) in [7, 11) is 0. The van der Waals surface area contributed by atoms with Gasteiger partial charge in [0.1, 0.15) is 0 Å². The smallest absolute Gasteiger partial charge is 0.280 e. The molecule has 1 aromatic rings. The second-order valence-electron chi connectivity index (χ2n) is 4.32. The van der Waals surface area contributed by atoms with E-state index in [9.17, 15) is 14.7 Å². The second kappa shape index (κ2) is 7.44. The maximum Gasteiger partial charge on any atom is 0.280 e. The van der Waals surface area contributed by atoms with Gasteiger partial charge in [0.05, 0.1) is 12.6 Å². The minimum Gasteiger partial charge on any atom is -0.503 e. The fourth-order valence-electron chi connectivity index (χ4n) is 1.33. The summed E-state index contributed by atoms with van der Waals surface area (Å²) in [5.74, 6) is -1.69. The highest BCUT2D eigenvalue weighted by atomic mass is 16.5. The molecule has 20 heavy (non-hydrogen) atoms. The first-order valence-electron chi connectivity index (χ1n) is 6.38. The Kier molecular flexibility index (Phi) is 5.92. The number of nitrogens with two attached hydrogens (primary N) is 1. The van der Waals surface area contributed by atoms with Crippen LogP contribution in [0.15, 0.2) is 12.3 Å². The van der Waals surface area contributed by atoms with Crippen molar-refractivity contribution in [1.82, 2.24) is 10.3 Å². The molecule has 0 bridgehead atoms. The summed E-state index contributed by atoms with van der Waals surface area (Å²) < 4.78 is 5.34. The number of aromatic nitrogens is 1. The lowest BCUT2D eigenvalue weighted by Gasteiger charge is -2.10. The summed E-state index contributed by atoms with van der Waals surface area (Å²) in [5.41, 5.74) is 5.07. The van der Waals surface area contributed by atoms with Crippen LogP contribution in [0.4, 0.5) is 0 Å². The van der Waals surface area contributed by atoms with E-state index in [1.54, 1.807) is 0 Å². The largest absolute Gasteiger partial charge is 0.503 e. The number of nitrogens with one attached hydrogen (secondary N) is 1. The van der Waals surface area contributed by atoms with Crippen molar-refractivity contribution in [3.05, 3.63) is 18.0 Å². The van der Waals surface area contributed by atoms with Crippen LogP contribution in [0.1, 0.15) is 37.2 Å². The van der Waals surface area contributed by atoms with E-state index in [1.807, 2.05) is 6.92 Å². The Labute approximate surface area is 117 Å². The molecule has 0 fully saturated rings. The number of pyridine rings is 1. The van der Waals surface area contributed by atoms with Crippen LogP contribution < -0.4 is 15.8 Å². The fourth-order valence-corrected chi connectivity index (χ4v) is 1.33. The number of hydrogen-bond donors (Lipinski definition) is 3. The summed E-state index contributed by atoms with van der Waals surface area (Å²) in [6.45, 7) is 3.88. The van der Waals surface area contributed by atoms with Gasteiger partial charge < -0.3 is 15.6 Å². The predicted molar refractivity (Wildman–Crippen MR) is 72.4 cm³/mol. The van der Waals surface area contributed by atoms with E-state index in [0.29, 0.717) is 6.61 Å². The number of carbonyl (C=O) groups excluding carboxylic acids is 2. The van der Waals surface area contributed by atoms with Crippen LogP contribution in [0.3, 0.4) is 0 Å². The Morgan fingerprint density at radius 1 is 1.55 bits per heavy atom. The third-order valence-corrected chi connectivity index (χ3v) is 2.51. The van der Waals surface area contributed by atoms with Gasteiger partial charge >= 0.3 is 0 Å². The van der Waals surface area contributed by atoms with Crippen molar-refractivity contribution in [1.29, 1.82) is 0 Å². The van der Waals surface area contributed by atoms with Crippen molar-refractivity contribution in [2.75, 3.05) is 6.61 Å². The van der Waals surface area contributed by atoms with Crippen molar-refractivity contribution >= 4 is 11.8 Å². The molecule has 7 heteroatoms. The average molecular weight is 281 g/mol. The van der Waals surface area contributed by atoms with Crippen LogP contribution in [0.5, 0.6) is 11.5 Å². The van der Waals surface area contributed by atoms with Gasteiger partial charge in [0.25, 0.3) is 5.91 Å². The van der Waals surface area contributed by atoms with Crippen molar-refractivity contribution in [2.45, 2.75) is 32.7 Å². The van der Waals surface area contributed by atoms with Gasteiger partial charge in [0, 0.05) is 12.3 Å². The molecule has 0 aromatic carbocycles. The molecule has 2 amide bonds. The lowest BCUT2D eigenvalue weighted by molar-refractivity contribution is -0.121. The molecule has 0 aliphatic rings. The van der Waals surface area contributed by atoms with Gasteiger partial charge in [-0.2, -0.15) is 0 Å². The molecule has 7 nitrogen and oxygen atoms in total. The highest BCUT2D eigenvalue weighted by Crippen LogP contribution is 2.28. The molecule has 110 valence electrons. The van der Waals surface area contributed by atoms with Crippen LogP contribution in [0, 0.1) is 0 Å². The minimum atomic E-state index is -0.829. The molecular formula is C13H19N3O4. The first-order valence-corrected chi connectivity index (χ1v) is 6.38. The zero-order chi connectivity index (χ0) is 15.1. The molecular weight excluding hydrogens is 262 g/mol. The van der Waals surface area contributed by atoms with Crippen molar-refractivity contribution in [2.24, 2.45) is 5.73 Å². The topological polar surface area (TPSA) is 115 Å². The lowest BCUT2D eigenvalue weighted by atomic mass is 10.2. The van der Waals surface area contributed by atoms with E-state index in [4.69, 9.17) is 10.5 Å². The Morgan fingerprint density at radius 3 is 2.85 bits per heavy atom. The third kappa shape index (κ3) is 4.20. The van der Waals surface area contributed by atoms with Gasteiger partial charge in [-0.05, 0) is 13.3 Å². The fraction of sp³-hybridized carbons (Fsp3) is 0.462. The highest BCUT2D eigenvalue weighted by molar-refractivity contribution is 6.06. The SMILES string of the molecule is CCCCOc1ccnc(C(=O)NC(=O)[C@H](C)N)c1O. The molecule has 1 atom stereocenters. The van der Waals surface area contributed by atoms with E-state index < -0.39 is 23.6 Å². The van der Waals surface area contributed by atoms with Gasteiger partial charge in [-0.15, -0.1) is 0 Å². The van der Waals surface area contributed by atoms with Crippen molar-refractivity contribution in [3.8, 4) is 11.5 Å². The van der Waals surface area contributed by atoms with Crippen molar-refractivity contribution in [3.63, 3.8) is 0 Å². The molecule has 1 heterocycles. The molecule has 1 rings (SSSR count). The summed E-state index contributed by atoms with van der Waals surface area (Å²) in [5, 5.41) is 12.0. The van der Waals surface area contributed by atoms with Crippen LogP contribution in [0.25, 0.3) is 0 Å². The Bertz CT molecular complexity index is 489. The second-order valence-corrected chi connectivity index (χ2v) is 4.32. The first kappa shape index (κ1) is 15.9. The van der Waals surface area contributed by atoms with E-state index in [-0.39, 0.29) is 11.4 Å². The number of amides is 2. The van der Waals surface area contributed by atoms with Gasteiger partial charge in [-0.3, -0.25) is 14.9 Å². The number of imide groups is 1. The third-order valence-electron chi connectivity index (χ3n) is 2.51. The Morgan fingerprint density at radius 2 is 2.25 bits per heavy atom. The molecule has 0 saturated carbocycles. The van der Waals surface area contributed by atoms with E-state index >= 15 is 0 Å². The molecule has 0 aliphatic carbocycles. The molecule has 0 saturated heterocycles. The zero-order valence-electron chi connectivity index (χ0n) is 11.5. The van der Waals surface area contributed by atoms with Crippen molar-refractivity contribution < 1.29 is 19.4 Å². The molecule has 0 spiro atoms. The average Bonchev–Trinajstić information content (AvgIpc) is 2.40. The maximum atomic E-state index is 11.8. The number of nitrogens with zero attached hydrogens (tertiary/aromatic N) is 1. The van der Waals surface area contributed by atoms with Crippen LogP contribution >= 0.6 is 0 Å². The van der Waals surface area contributed by atoms with E-state index in [2.05, 4.69) is 10.3 Å². The predicted octanol–water partition coefficient (Wildman–Crippen LogP) is 0.570. The number of ether oxygens (including phenoxy) is 1. The van der Waals surface area contributed by atoms with Gasteiger partial charge in [-0.1, -0.05) is 13.3 Å². The van der Waals surface area contributed by atoms with E-state index in [0.717, 1.165) is 12.8 Å².